The van der Waals surface area contributed by atoms with Crippen molar-refractivity contribution >= 4 is 11.6 Å². The van der Waals surface area contributed by atoms with Gasteiger partial charge in [-0.1, -0.05) is 24.4 Å². The highest BCUT2D eigenvalue weighted by molar-refractivity contribution is 5.92. The maximum atomic E-state index is 12.3. The normalized spacial score (nSPS) is 16.4. The maximum absolute atomic E-state index is 12.3. The number of methoxy groups -OCH3 is 1. The summed E-state index contributed by atoms with van der Waals surface area (Å²) in [6, 6.07) is 7.26. The average molecular weight is 344 g/mol. The third kappa shape index (κ3) is 4.17. The Morgan fingerprint density at radius 2 is 1.96 bits per heavy atom. The van der Waals surface area contributed by atoms with Gasteiger partial charge in [-0.2, -0.15) is 4.98 Å². The second-order valence-corrected chi connectivity index (χ2v) is 6.41. The highest BCUT2D eigenvalue weighted by Crippen LogP contribution is 2.35. The molecule has 134 valence electrons. The van der Waals surface area contributed by atoms with Crippen LogP contribution >= 0.6 is 0 Å². The zero-order valence-electron chi connectivity index (χ0n) is 14.7. The van der Waals surface area contributed by atoms with Crippen LogP contribution in [0.5, 0.6) is 5.75 Å². The molecule has 1 aliphatic carbocycles. The van der Waals surface area contributed by atoms with Gasteiger partial charge in [0.05, 0.1) is 19.2 Å². The van der Waals surface area contributed by atoms with E-state index in [2.05, 4.69) is 20.8 Å². The minimum atomic E-state index is -0.382. The Hall–Kier alpha value is -2.41. The van der Waals surface area contributed by atoms with E-state index in [-0.39, 0.29) is 18.0 Å². The number of hydrogen-bond donors (Lipinski definition) is 2. The van der Waals surface area contributed by atoms with E-state index in [0.29, 0.717) is 11.7 Å². The Morgan fingerprint density at radius 3 is 2.56 bits per heavy atom. The summed E-state index contributed by atoms with van der Waals surface area (Å²) < 4.78 is 10.3. The van der Waals surface area contributed by atoms with Crippen molar-refractivity contribution in [3.63, 3.8) is 0 Å². The second kappa shape index (κ2) is 7.65. The SMILES string of the molecule is COc1ccc(NC(=O)CNC2(c3noc(C)n3)CCCCC2)cc1. The Morgan fingerprint density at radius 1 is 1.24 bits per heavy atom. The van der Waals surface area contributed by atoms with Crippen LogP contribution in [0.15, 0.2) is 28.8 Å². The van der Waals surface area contributed by atoms with Crippen molar-refractivity contribution in [1.29, 1.82) is 0 Å². The van der Waals surface area contributed by atoms with E-state index in [1.54, 1.807) is 14.0 Å². The molecule has 2 N–H and O–H groups in total. The first-order chi connectivity index (χ1) is 12.1. The van der Waals surface area contributed by atoms with Gasteiger partial charge in [-0.15, -0.1) is 0 Å². The molecular weight excluding hydrogens is 320 g/mol. The van der Waals surface area contributed by atoms with Crippen LogP contribution < -0.4 is 15.4 Å². The van der Waals surface area contributed by atoms with Crippen LogP contribution in [0.3, 0.4) is 0 Å². The van der Waals surface area contributed by atoms with Gasteiger partial charge in [-0.05, 0) is 37.1 Å². The predicted octanol–water partition coefficient (Wildman–Crippen LogP) is 2.77. The molecule has 1 fully saturated rings. The molecule has 1 aromatic heterocycles. The Balaban J connectivity index is 1.63. The van der Waals surface area contributed by atoms with Crippen LogP contribution in [0.1, 0.15) is 43.8 Å². The highest BCUT2D eigenvalue weighted by atomic mass is 16.5. The third-order valence-corrected chi connectivity index (χ3v) is 4.62. The lowest BCUT2D eigenvalue weighted by atomic mass is 9.81. The van der Waals surface area contributed by atoms with Gasteiger partial charge >= 0.3 is 0 Å². The topological polar surface area (TPSA) is 89.3 Å². The van der Waals surface area contributed by atoms with E-state index < -0.39 is 0 Å². The van der Waals surface area contributed by atoms with E-state index in [1.165, 1.54) is 6.42 Å². The molecule has 0 radical (unpaired) electrons. The Kier molecular flexibility index (Phi) is 5.33. The summed E-state index contributed by atoms with van der Waals surface area (Å²) in [5.41, 5.74) is 0.355. The van der Waals surface area contributed by atoms with Crippen molar-refractivity contribution in [2.75, 3.05) is 19.0 Å². The summed E-state index contributed by atoms with van der Waals surface area (Å²) in [5.74, 6) is 1.85. The lowest BCUT2D eigenvalue weighted by molar-refractivity contribution is -0.115. The summed E-state index contributed by atoms with van der Waals surface area (Å²) in [4.78, 5) is 16.7. The summed E-state index contributed by atoms with van der Waals surface area (Å²) in [6.07, 6.45) is 5.17. The molecule has 0 aliphatic heterocycles. The van der Waals surface area contributed by atoms with Crippen molar-refractivity contribution < 1.29 is 14.1 Å². The molecule has 1 amide bonds. The number of amides is 1. The van der Waals surface area contributed by atoms with Crippen LogP contribution in [0.4, 0.5) is 5.69 Å². The number of nitrogens with zero attached hydrogens (tertiary/aromatic N) is 2. The zero-order valence-corrected chi connectivity index (χ0v) is 14.7. The quantitative estimate of drug-likeness (QED) is 0.837. The first-order valence-corrected chi connectivity index (χ1v) is 8.61. The number of aryl methyl sites for hydroxylation is 1. The Bertz CT molecular complexity index is 705. The van der Waals surface area contributed by atoms with Crippen LogP contribution in [-0.2, 0) is 10.3 Å². The molecule has 0 saturated heterocycles. The predicted molar refractivity (Wildman–Crippen MR) is 93.4 cm³/mol. The number of rotatable bonds is 6. The van der Waals surface area contributed by atoms with Crippen LogP contribution in [0.2, 0.25) is 0 Å². The van der Waals surface area contributed by atoms with Crippen molar-refractivity contribution in [2.45, 2.75) is 44.6 Å². The summed E-state index contributed by atoms with van der Waals surface area (Å²) in [7, 11) is 1.61. The summed E-state index contributed by atoms with van der Waals surface area (Å²) in [5, 5.41) is 10.4. The molecule has 7 nitrogen and oxygen atoms in total. The molecule has 7 heteroatoms. The number of anilines is 1. The number of carbonyl (C=O) groups excluding carboxylic acids is 1. The molecule has 0 unspecified atom stereocenters. The van der Waals surface area contributed by atoms with Crippen molar-refractivity contribution in [2.24, 2.45) is 0 Å². The number of hydrogen-bond acceptors (Lipinski definition) is 6. The van der Waals surface area contributed by atoms with E-state index in [4.69, 9.17) is 9.26 Å². The van der Waals surface area contributed by atoms with Gasteiger partial charge in [0.25, 0.3) is 0 Å². The lowest BCUT2D eigenvalue weighted by Crippen LogP contribution is -2.48. The fourth-order valence-electron chi connectivity index (χ4n) is 3.26. The summed E-state index contributed by atoms with van der Waals surface area (Å²) in [6.45, 7) is 1.98. The average Bonchev–Trinajstić information content (AvgIpc) is 3.09. The molecule has 3 rings (SSSR count). The minimum Gasteiger partial charge on any atom is -0.497 e. The molecule has 2 aromatic rings. The van der Waals surface area contributed by atoms with Gasteiger partial charge < -0.3 is 14.6 Å². The van der Waals surface area contributed by atoms with Crippen molar-refractivity contribution in [1.82, 2.24) is 15.5 Å². The molecule has 25 heavy (non-hydrogen) atoms. The first kappa shape index (κ1) is 17.4. The van der Waals surface area contributed by atoms with E-state index in [9.17, 15) is 4.79 Å². The first-order valence-electron chi connectivity index (χ1n) is 8.61. The fourth-order valence-corrected chi connectivity index (χ4v) is 3.26. The number of benzene rings is 1. The lowest BCUT2D eigenvalue weighted by Gasteiger charge is -2.35. The van der Waals surface area contributed by atoms with Gasteiger partial charge in [0.2, 0.25) is 11.8 Å². The fraction of sp³-hybridized carbons (Fsp3) is 0.500. The van der Waals surface area contributed by atoms with Crippen molar-refractivity contribution in [3.8, 4) is 5.75 Å². The third-order valence-electron chi connectivity index (χ3n) is 4.62. The number of aromatic nitrogens is 2. The zero-order chi connectivity index (χ0) is 17.7. The molecule has 1 aliphatic rings. The molecule has 1 aromatic carbocycles. The van der Waals surface area contributed by atoms with E-state index in [1.807, 2.05) is 24.3 Å². The molecule has 0 atom stereocenters. The molecule has 0 bridgehead atoms. The number of ether oxygens (including phenoxy) is 1. The maximum Gasteiger partial charge on any atom is 0.238 e. The second-order valence-electron chi connectivity index (χ2n) is 6.41. The van der Waals surface area contributed by atoms with Gasteiger partial charge in [0, 0.05) is 12.6 Å². The van der Waals surface area contributed by atoms with Gasteiger partial charge in [0.1, 0.15) is 5.75 Å². The van der Waals surface area contributed by atoms with Gasteiger partial charge in [-0.25, -0.2) is 0 Å². The monoisotopic (exact) mass is 344 g/mol. The summed E-state index contributed by atoms with van der Waals surface area (Å²) >= 11 is 0. The number of nitrogens with one attached hydrogen (secondary N) is 2. The molecule has 1 heterocycles. The minimum absolute atomic E-state index is 0.102. The van der Waals surface area contributed by atoms with Crippen molar-refractivity contribution in [3.05, 3.63) is 36.0 Å². The Labute approximate surface area is 147 Å². The molecule has 1 saturated carbocycles. The standard InChI is InChI=1S/C18H24N4O3/c1-13-20-17(22-25-13)18(10-4-3-5-11-18)19-12-16(23)21-14-6-8-15(24-2)9-7-14/h6-9,19H,3-5,10-12H2,1-2H3,(H,21,23). The van der Waals surface area contributed by atoms with E-state index in [0.717, 1.165) is 37.1 Å². The highest BCUT2D eigenvalue weighted by Gasteiger charge is 2.38. The van der Waals surface area contributed by atoms with E-state index >= 15 is 0 Å². The van der Waals surface area contributed by atoms with Gasteiger partial charge in [-0.3, -0.25) is 10.1 Å². The van der Waals surface area contributed by atoms with Crippen LogP contribution in [0, 0.1) is 6.92 Å². The molecule has 0 spiro atoms. The van der Waals surface area contributed by atoms with Crippen LogP contribution in [-0.4, -0.2) is 29.7 Å². The van der Waals surface area contributed by atoms with Crippen LogP contribution in [0.25, 0.3) is 0 Å². The largest absolute Gasteiger partial charge is 0.497 e. The molecular formula is C18H24N4O3. The smallest absolute Gasteiger partial charge is 0.238 e. The number of carbonyl (C=O) groups is 1. The van der Waals surface area contributed by atoms with Gasteiger partial charge in [0.15, 0.2) is 5.82 Å².